The van der Waals surface area contributed by atoms with Crippen molar-refractivity contribution in [3.8, 4) is 10.6 Å². The van der Waals surface area contributed by atoms with Crippen molar-refractivity contribution in [2.45, 2.75) is 39.8 Å². The van der Waals surface area contributed by atoms with Gasteiger partial charge in [0.15, 0.2) is 0 Å². The van der Waals surface area contributed by atoms with E-state index in [1.54, 1.807) is 11.3 Å². The summed E-state index contributed by atoms with van der Waals surface area (Å²) in [6, 6.07) is 8.40. The van der Waals surface area contributed by atoms with E-state index in [-0.39, 0.29) is 0 Å². The molecule has 1 heterocycles. The summed E-state index contributed by atoms with van der Waals surface area (Å²) in [6.07, 6.45) is 1.13. The number of hydrogen-bond acceptors (Lipinski definition) is 3. The second kappa shape index (κ2) is 6.51. The second-order valence-corrected chi connectivity index (χ2v) is 6.19. The van der Waals surface area contributed by atoms with Crippen LogP contribution in [0, 0.1) is 6.92 Å². The van der Waals surface area contributed by atoms with Crippen molar-refractivity contribution in [2.24, 2.45) is 0 Å². The Morgan fingerprint density at radius 2 is 2.11 bits per heavy atom. The van der Waals surface area contributed by atoms with E-state index < -0.39 is 0 Å². The number of aryl methyl sites for hydroxylation is 1. The van der Waals surface area contributed by atoms with E-state index in [1.807, 2.05) is 24.3 Å². The van der Waals surface area contributed by atoms with Crippen LogP contribution in [0.2, 0.25) is 5.02 Å². The summed E-state index contributed by atoms with van der Waals surface area (Å²) < 4.78 is 0. The standard InChI is InChI=1S/C15H19ClN2S/c1-4-10(2)17-9-14-11(3)18-15(19-14)12-7-5-6-8-13(12)16/h5-8,10,17H,4,9H2,1-3H3. The van der Waals surface area contributed by atoms with Crippen molar-refractivity contribution < 1.29 is 0 Å². The van der Waals surface area contributed by atoms with E-state index in [0.717, 1.165) is 34.3 Å². The van der Waals surface area contributed by atoms with Gasteiger partial charge in [-0.3, -0.25) is 0 Å². The molecule has 1 N–H and O–H groups in total. The maximum Gasteiger partial charge on any atom is 0.125 e. The summed E-state index contributed by atoms with van der Waals surface area (Å²) in [7, 11) is 0. The zero-order valence-electron chi connectivity index (χ0n) is 11.5. The first-order chi connectivity index (χ1) is 9.11. The van der Waals surface area contributed by atoms with E-state index in [1.165, 1.54) is 4.88 Å². The van der Waals surface area contributed by atoms with Gasteiger partial charge in [-0.15, -0.1) is 11.3 Å². The minimum atomic E-state index is 0.533. The number of benzene rings is 1. The zero-order valence-corrected chi connectivity index (χ0v) is 13.1. The molecule has 19 heavy (non-hydrogen) atoms. The number of nitrogens with one attached hydrogen (secondary N) is 1. The minimum Gasteiger partial charge on any atom is -0.309 e. The molecule has 0 saturated carbocycles. The van der Waals surface area contributed by atoms with Gasteiger partial charge in [-0.2, -0.15) is 0 Å². The first-order valence-corrected chi connectivity index (χ1v) is 7.75. The fourth-order valence-electron chi connectivity index (χ4n) is 1.75. The molecule has 0 spiro atoms. The first kappa shape index (κ1) is 14.5. The molecule has 0 saturated heterocycles. The molecule has 2 nitrogen and oxygen atoms in total. The normalized spacial score (nSPS) is 12.6. The van der Waals surface area contributed by atoms with Crippen LogP contribution in [0.5, 0.6) is 0 Å². The van der Waals surface area contributed by atoms with E-state index in [4.69, 9.17) is 11.6 Å². The number of hydrogen-bond donors (Lipinski definition) is 1. The summed E-state index contributed by atoms with van der Waals surface area (Å²) in [6.45, 7) is 7.32. The number of thiazole rings is 1. The maximum absolute atomic E-state index is 6.22. The monoisotopic (exact) mass is 294 g/mol. The molecule has 1 aromatic heterocycles. The molecule has 0 amide bonds. The molecular weight excluding hydrogens is 276 g/mol. The predicted octanol–water partition coefficient (Wildman–Crippen LogP) is 4.66. The van der Waals surface area contributed by atoms with Crippen LogP contribution >= 0.6 is 22.9 Å². The van der Waals surface area contributed by atoms with Gasteiger partial charge < -0.3 is 5.32 Å². The molecule has 0 radical (unpaired) electrons. The lowest BCUT2D eigenvalue weighted by Crippen LogP contribution is -2.24. The van der Waals surface area contributed by atoms with Gasteiger partial charge in [0.05, 0.1) is 10.7 Å². The highest BCUT2D eigenvalue weighted by Gasteiger charge is 2.12. The van der Waals surface area contributed by atoms with Crippen molar-refractivity contribution in [3.63, 3.8) is 0 Å². The molecule has 0 aliphatic carbocycles. The SMILES string of the molecule is CCC(C)NCc1sc(-c2ccccc2Cl)nc1C. The van der Waals surface area contributed by atoms with Crippen LogP contribution in [0.15, 0.2) is 24.3 Å². The third-order valence-electron chi connectivity index (χ3n) is 3.22. The predicted molar refractivity (Wildman–Crippen MR) is 83.9 cm³/mol. The molecule has 1 atom stereocenters. The minimum absolute atomic E-state index is 0.533. The Kier molecular flexibility index (Phi) is 4.97. The van der Waals surface area contributed by atoms with Crippen LogP contribution in [-0.4, -0.2) is 11.0 Å². The molecule has 0 aliphatic rings. The quantitative estimate of drug-likeness (QED) is 0.867. The van der Waals surface area contributed by atoms with E-state index in [0.29, 0.717) is 6.04 Å². The average molecular weight is 295 g/mol. The molecule has 0 fully saturated rings. The zero-order chi connectivity index (χ0) is 13.8. The summed E-state index contributed by atoms with van der Waals surface area (Å²) >= 11 is 7.94. The van der Waals surface area contributed by atoms with Crippen LogP contribution in [0.4, 0.5) is 0 Å². The van der Waals surface area contributed by atoms with Gasteiger partial charge in [-0.05, 0) is 26.3 Å². The van der Waals surface area contributed by atoms with Crippen molar-refractivity contribution >= 4 is 22.9 Å². The average Bonchev–Trinajstić information content (AvgIpc) is 2.77. The smallest absolute Gasteiger partial charge is 0.125 e. The second-order valence-electron chi connectivity index (χ2n) is 4.70. The van der Waals surface area contributed by atoms with Gasteiger partial charge in [0.1, 0.15) is 5.01 Å². The van der Waals surface area contributed by atoms with Crippen molar-refractivity contribution in [2.75, 3.05) is 0 Å². The summed E-state index contributed by atoms with van der Waals surface area (Å²) in [5, 5.41) is 5.27. The Labute approximate surface area is 123 Å². The van der Waals surface area contributed by atoms with Gasteiger partial charge in [-0.1, -0.05) is 36.7 Å². The Morgan fingerprint density at radius 1 is 1.37 bits per heavy atom. The summed E-state index contributed by atoms with van der Waals surface area (Å²) in [5.41, 5.74) is 2.11. The van der Waals surface area contributed by atoms with Gasteiger partial charge in [0.25, 0.3) is 0 Å². The number of rotatable bonds is 5. The van der Waals surface area contributed by atoms with Crippen LogP contribution in [-0.2, 0) is 6.54 Å². The molecule has 102 valence electrons. The molecule has 0 aliphatic heterocycles. The number of halogens is 1. The molecule has 2 aromatic rings. The van der Waals surface area contributed by atoms with Gasteiger partial charge >= 0.3 is 0 Å². The number of nitrogens with zero attached hydrogens (tertiary/aromatic N) is 1. The van der Waals surface area contributed by atoms with Crippen molar-refractivity contribution in [3.05, 3.63) is 39.9 Å². The lowest BCUT2D eigenvalue weighted by molar-refractivity contribution is 0.536. The Hall–Kier alpha value is -0.900. The lowest BCUT2D eigenvalue weighted by atomic mass is 10.2. The Morgan fingerprint density at radius 3 is 2.79 bits per heavy atom. The van der Waals surface area contributed by atoms with Gasteiger partial charge in [0, 0.05) is 23.0 Å². The van der Waals surface area contributed by atoms with Crippen LogP contribution in [0.25, 0.3) is 10.6 Å². The van der Waals surface area contributed by atoms with Crippen LogP contribution in [0.3, 0.4) is 0 Å². The highest BCUT2D eigenvalue weighted by molar-refractivity contribution is 7.15. The molecule has 4 heteroatoms. The van der Waals surface area contributed by atoms with Gasteiger partial charge in [-0.25, -0.2) is 4.98 Å². The van der Waals surface area contributed by atoms with Crippen LogP contribution < -0.4 is 5.32 Å². The van der Waals surface area contributed by atoms with Crippen molar-refractivity contribution in [1.82, 2.24) is 10.3 Å². The molecular formula is C15H19ClN2S. The summed E-state index contributed by atoms with van der Waals surface area (Å²) in [5.74, 6) is 0. The van der Waals surface area contributed by atoms with E-state index in [9.17, 15) is 0 Å². The van der Waals surface area contributed by atoms with Crippen molar-refractivity contribution in [1.29, 1.82) is 0 Å². The molecule has 0 bridgehead atoms. The fourth-order valence-corrected chi connectivity index (χ4v) is 3.09. The van der Waals surface area contributed by atoms with Gasteiger partial charge in [0.2, 0.25) is 0 Å². The molecule has 1 aromatic carbocycles. The van der Waals surface area contributed by atoms with Crippen LogP contribution in [0.1, 0.15) is 30.8 Å². The highest BCUT2D eigenvalue weighted by atomic mass is 35.5. The lowest BCUT2D eigenvalue weighted by Gasteiger charge is -2.09. The first-order valence-electron chi connectivity index (χ1n) is 6.56. The fraction of sp³-hybridized carbons (Fsp3) is 0.400. The molecule has 2 rings (SSSR count). The summed E-state index contributed by atoms with van der Waals surface area (Å²) in [4.78, 5) is 5.93. The van der Waals surface area contributed by atoms with E-state index in [2.05, 4.69) is 31.1 Å². The largest absolute Gasteiger partial charge is 0.309 e. The maximum atomic E-state index is 6.22. The highest BCUT2D eigenvalue weighted by Crippen LogP contribution is 2.32. The third-order valence-corrected chi connectivity index (χ3v) is 4.74. The Bertz CT molecular complexity index is 551. The Balaban J connectivity index is 2.19. The molecule has 1 unspecified atom stereocenters. The third kappa shape index (κ3) is 3.56. The number of aromatic nitrogens is 1. The topological polar surface area (TPSA) is 24.9 Å². The van der Waals surface area contributed by atoms with E-state index >= 15 is 0 Å².